The number of pyridine rings is 1. The van der Waals surface area contributed by atoms with E-state index in [2.05, 4.69) is 14.6 Å². The topological polar surface area (TPSA) is 62.3 Å². The van der Waals surface area contributed by atoms with Crippen LogP contribution in [-0.2, 0) is 16.6 Å². The summed E-state index contributed by atoms with van der Waals surface area (Å²) >= 11 is 0. The minimum atomic E-state index is -3.92. The Hall–Kier alpha value is -2.06. The molecule has 2 aromatic rings. The van der Waals surface area contributed by atoms with E-state index in [0.717, 1.165) is 49.4 Å². The third-order valence-corrected chi connectivity index (χ3v) is 5.31. The number of nitrogens with zero attached hydrogens (tertiary/aromatic N) is 2. The largest absolute Gasteiger partial charge is 0.357 e. The minimum Gasteiger partial charge on any atom is -0.357 e. The molecule has 8 heteroatoms. The van der Waals surface area contributed by atoms with Crippen molar-refractivity contribution >= 4 is 15.8 Å². The number of sulfonamides is 1. The molecule has 1 N–H and O–H groups in total. The molecule has 0 amide bonds. The first-order valence-corrected chi connectivity index (χ1v) is 9.09. The van der Waals surface area contributed by atoms with E-state index in [1.807, 2.05) is 6.07 Å². The molecular weight excluding hydrogens is 336 g/mol. The Bertz CT molecular complexity index is 837. The first kappa shape index (κ1) is 16.8. The Morgan fingerprint density at radius 1 is 1.08 bits per heavy atom. The minimum absolute atomic E-state index is 0.0463. The molecule has 2 heterocycles. The van der Waals surface area contributed by atoms with Crippen molar-refractivity contribution in [1.29, 1.82) is 0 Å². The van der Waals surface area contributed by atoms with E-state index >= 15 is 0 Å². The number of hydrogen-bond donors (Lipinski definition) is 1. The van der Waals surface area contributed by atoms with Crippen molar-refractivity contribution in [2.24, 2.45) is 0 Å². The van der Waals surface area contributed by atoms with Crippen LogP contribution in [0, 0.1) is 11.6 Å². The molecule has 1 aromatic heterocycles. The zero-order chi connectivity index (χ0) is 17.2. The summed E-state index contributed by atoms with van der Waals surface area (Å²) in [5, 5.41) is 0. The van der Waals surface area contributed by atoms with Crippen LogP contribution in [0.2, 0.25) is 0 Å². The van der Waals surface area contributed by atoms with E-state index in [-0.39, 0.29) is 11.4 Å². The molecule has 0 radical (unpaired) electrons. The fourth-order valence-corrected chi connectivity index (χ4v) is 3.62. The quantitative estimate of drug-likeness (QED) is 0.897. The van der Waals surface area contributed by atoms with Gasteiger partial charge in [-0.05, 0) is 48.7 Å². The number of hydrogen-bond acceptors (Lipinski definition) is 4. The van der Waals surface area contributed by atoms with Crippen LogP contribution >= 0.6 is 0 Å². The molecule has 0 spiro atoms. The average molecular weight is 353 g/mol. The second-order valence-corrected chi connectivity index (χ2v) is 7.38. The van der Waals surface area contributed by atoms with Gasteiger partial charge in [0.05, 0.1) is 4.90 Å². The summed E-state index contributed by atoms with van der Waals surface area (Å²) in [4.78, 5) is 6.14. The van der Waals surface area contributed by atoms with Crippen molar-refractivity contribution in [3.8, 4) is 0 Å². The van der Waals surface area contributed by atoms with Gasteiger partial charge in [0.25, 0.3) is 0 Å². The van der Waals surface area contributed by atoms with Gasteiger partial charge < -0.3 is 4.90 Å². The fourth-order valence-electron chi connectivity index (χ4n) is 2.60. The lowest BCUT2D eigenvalue weighted by Crippen LogP contribution is -2.24. The summed E-state index contributed by atoms with van der Waals surface area (Å²) in [6.45, 7) is 1.93. The van der Waals surface area contributed by atoms with Crippen molar-refractivity contribution in [2.75, 3.05) is 18.0 Å². The van der Waals surface area contributed by atoms with E-state index in [0.29, 0.717) is 6.07 Å². The van der Waals surface area contributed by atoms with Crippen LogP contribution < -0.4 is 9.62 Å². The lowest BCUT2D eigenvalue weighted by Gasteiger charge is -2.17. The number of rotatable bonds is 5. The van der Waals surface area contributed by atoms with Gasteiger partial charge in [-0.15, -0.1) is 0 Å². The molecule has 128 valence electrons. The molecule has 1 aromatic carbocycles. The summed E-state index contributed by atoms with van der Waals surface area (Å²) in [5.41, 5.74) is 0.748. The third-order valence-electron chi connectivity index (χ3n) is 3.91. The monoisotopic (exact) mass is 353 g/mol. The van der Waals surface area contributed by atoms with Gasteiger partial charge in [-0.1, -0.05) is 0 Å². The highest BCUT2D eigenvalue weighted by atomic mass is 32.2. The van der Waals surface area contributed by atoms with Crippen LogP contribution in [0.1, 0.15) is 18.4 Å². The molecule has 1 aliphatic rings. The van der Waals surface area contributed by atoms with Crippen LogP contribution in [0.3, 0.4) is 0 Å². The second-order valence-electron chi connectivity index (χ2n) is 5.62. The van der Waals surface area contributed by atoms with Crippen LogP contribution in [0.4, 0.5) is 14.6 Å². The SMILES string of the molecule is O=S(=O)(NCc1ccnc(N2CCCC2)c1)c1ccc(F)c(F)c1. The van der Waals surface area contributed by atoms with Crippen molar-refractivity contribution in [2.45, 2.75) is 24.3 Å². The predicted octanol–water partition coefficient (Wildman–Crippen LogP) is 2.44. The summed E-state index contributed by atoms with van der Waals surface area (Å²) in [6, 6.07) is 6.04. The molecule has 24 heavy (non-hydrogen) atoms. The summed E-state index contributed by atoms with van der Waals surface area (Å²) in [5.74, 6) is -1.46. The fraction of sp³-hybridized carbons (Fsp3) is 0.312. The van der Waals surface area contributed by atoms with Crippen LogP contribution in [0.25, 0.3) is 0 Å². The van der Waals surface area contributed by atoms with Crippen molar-refractivity contribution in [3.05, 3.63) is 53.7 Å². The first-order valence-electron chi connectivity index (χ1n) is 7.60. The van der Waals surface area contributed by atoms with Gasteiger partial charge in [0.2, 0.25) is 10.0 Å². The lowest BCUT2D eigenvalue weighted by atomic mass is 10.2. The van der Waals surface area contributed by atoms with Gasteiger partial charge in [-0.3, -0.25) is 0 Å². The zero-order valence-corrected chi connectivity index (χ0v) is 13.7. The summed E-state index contributed by atoms with van der Waals surface area (Å²) < 4.78 is 52.9. The average Bonchev–Trinajstić information content (AvgIpc) is 3.10. The number of halogens is 2. The number of nitrogens with one attached hydrogen (secondary N) is 1. The van der Waals surface area contributed by atoms with Crippen LogP contribution in [-0.4, -0.2) is 26.5 Å². The lowest BCUT2D eigenvalue weighted by molar-refractivity contribution is 0.504. The van der Waals surface area contributed by atoms with E-state index in [4.69, 9.17) is 0 Å². The van der Waals surface area contributed by atoms with Crippen LogP contribution in [0.5, 0.6) is 0 Å². The highest BCUT2D eigenvalue weighted by Gasteiger charge is 2.17. The van der Waals surface area contributed by atoms with Gasteiger partial charge in [-0.2, -0.15) is 0 Å². The molecule has 0 atom stereocenters. The molecule has 0 unspecified atom stereocenters. The highest BCUT2D eigenvalue weighted by Crippen LogP contribution is 2.19. The Morgan fingerprint density at radius 2 is 1.83 bits per heavy atom. The smallest absolute Gasteiger partial charge is 0.240 e. The molecule has 3 rings (SSSR count). The van der Waals surface area contributed by atoms with Crippen LogP contribution in [0.15, 0.2) is 41.4 Å². The Kier molecular flexibility index (Phi) is 4.77. The molecule has 0 aliphatic carbocycles. The van der Waals surface area contributed by atoms with E-state index in [1.54, 1.807) is 12.3 Å². The van der Waals surface area contributed by atoms with Gasteiger partial charge in [0.15, 0.2) is 11.6 Å². The molecule has 5 nitrogen and oxygen atoms in total. The van der Waals surface area contributed by atoms with E-state index in [1.165, 1.54) is 0 Å². The Balaban J connectivity index is 1.72. The van der Waals surface area contributed by atoms with Crippen molar-refractivity contribution < 1.29 is 17.2 Å². The predicted molar refractivity (Wildman–Crippen MR) is 86.1 cm³/mol. The molecule has 1 fully saturated rings. The third kappa shape index (κ3) is 3.70. The molecule has 1 saturated heterocycles. The van der Waals surface area contributed by atoms with Gasteiger partial charge in [0, 0.05) is 25.8 Å². The van der Waals surface area contributed by atoms with Gasteiger partial charge >= 0.3 is 0 Å². The Morgan fingerprint density at radius 3 is 2.54 bits per heavy atom. The van der Waals surface area contributed by atoms with Gasteiger partial charge in [-0.25, -0.2) is 26.9 Å². The molecular formula is C16H17F2N3O2S. The number of benzene rings is 1. The molecule has 0 bridgehead atoms. The normalized spacial score (nSPS) is 15.0. The maximum atomic E-state index is 13.2. The highest BCUT2D eigenvalue weighted by molar-refractivity contribution is 7.89. The summed E-state index contributed by atoms with van der Waals surface area (Å²) in [7, 11) is -3.92. The Labute approximate surface area is 139 Å². The van der Waals surface area contributed by atoms with Crippen molar-refractivity contribution in [3.63, 3.8) is 0 Å². The maximum absolute atomic E-state index is 13.2. The van der Waals surface area contributed by atoms with Crippen molar-refractivity contribution in [1.82, 2.24) is 9.71 Å². The second kappa shape index (κ2) is 6.82. The maximum Gasteiger partial charge on any atom is 0.240 e. The number of aromatic nitrogens is 1. The first-order chi connectivity index (χ1) is 11.5. The standard InChI is InChI=1S/C16H17F2N3O2S/c17-14-4-3-13(10-15(14)18)24(22,23)20-11-12-5-6-19-16(9-12)21-7-1-2-8-21/h3-6,9-10,20H,1-2,7-8,11H2. The molecule has 1 aliphatic heterocycles. The van der Waals surface area contributed by atoms with Gasteiger partial charge in [0.1, 0.15) is 5.82 Å². The van der Waals surface area contributed by atoms with E-state index in [9.17, 15) is 17.2 Å². The number of anilines is 1. The zero-order valence-electron chi connectivity index (χ0n) is 12.9. The molecule has 0 saturated carbocycles. The van der Waals surface area contributed by atoms with E-state index < -0.39 is 21.7 Å². The summed E-state index contributed by atoms with van der Waals surface area (Å²) in [6.07, 6.45) is 3.87.